The third-order valence-corrected chi connectivity index (χ3v) is 20.8. The lowest BCUT2D eigenvalue weighted by Gasteiger charge is -2.35. The maximum atomic E-state index is 14.9. The van der Waals surface area contributed by atoms with Gasteiger partial charge in [0.2, 0.25) is 47.3 Å². The summed E-state index contributed by atoms with van der Waals surface area (Å²) >= 11 is 3.52. The second-order valence-corrected chi connectivity index (χ2v) is 26.0. The molecule has 4 heterocycles. The van der Waals surface area contributed by atoms with Gasteiger partial charge in [0.25, 0.3) is 0 Å². The lowest BCUT2D eigenvalue weighted by Crippen LogP contribution is -2.58. The number of thioether (sulfide) groups is 2. The summed E-state index contributed by atoms with van der Waals surface area (Å²) in [4.78, 5) is 120. The quantitative estimate of drug-likeness (QED) is 0.0983. The number of benzene rings is 2. The topological polar surface area (TPSA) is 239 Å². The minimum Gasteiger partial charge on any atom is -0.351 e. The lowest BCUT2D eigenvalue weighted by atomic mass is 9.81. The maximum Gasteiger partial charge on any atom is 0.246 e. The van der Waals surface area contributed by atoms with E-state index in [2.05, 4.69) is 54.7 Å². The van der Waals surface area contributed by atoms with Gasteiger partial charge in [-0.05, 0) is 140 Å². The van der Waals surface area contributed by atoms with Crippen LogP contribution < -0.4 is 42.5 Å². The van der Waals surface area contributed by atoms with E-state index in [1.807, 2.05) is 36.4 Å². The molecule has 10 atom stereocenters. The highest BCUT2D eigenvalue weighted by atomic mass is 32.2. The van der Waals surface area contributed by atoms with Crippen molar-refractivity contribution in [1.29, 1.82) is 0 Å². The first-order chi connectivity index (χ1) is 38.7. The monoisotopic (exact) mass is 1140 g/mol. The second-order valence-electron chi connectivity index (χ2n) is 23.7. The summed E-state index contributed by atoms with van der Waals surface area (Å²) < 4.78 is 0. The van der Waals surface area contributed by atoms with Crippen LogP contribution in [0.1, 0.15) is 153 Å². The maximum absolute atomic E-state index is 14.9. The average molecular weight is 1140 g/mol. The number of likely N-dealkylation sites (N-methyl/N-ethyl adjacent to an activating group) is 2. The van der Waals surface area contributed by atoms with Crippen LogP contribution in [0.3, 0.4) is 0 Å². The van der Waals surface area contributed by atoms with Crippen LogP contribution in [0.15, 0.2) is 58.3 Å². The van der Waals surface area contributed by atoms with E-state index in [9.17, 15) is 38.4 Å². The largest absolute Gasteiger partial charge is 0.351 e. The van der Waals surface area contributed by atoms with Gasteiger partial charge in [-0.1, -0.05) is 74.9 Å². The van der Waals surface area contributed by atoms with Crippen molar-refractivity contribution in [3.8, 4) is 0 Å². The molecule has 0 spiro atoms. The first-order valence-electron chi connectivity index (χ1n) is 29.9. The molecule has 18 nitrogen and oxygen atoms in total. The number of amides is 8. The van der Waals surface area contributed by atoms with Gasteiger partial charge in [0.05, 0.1) is 24.2 Å². The third kappa shape index (κ3) is 14.2. The van der Waals surface area contributed by atoms with Gasteiger partial charge in [-0.3, -0.25) is 38.4 Å². The van der Waals surface area contributed by atoms with Crippen molar-refractivity contribution in [1.82, 2.24) is 52.3 Å². The molecule has 9 rings (SSSR count). The van der Waals surface area contributed by atoms with Crippen LogP contribution in [-0.4, -0.2) is 144 Å². The number of carbonyl (C=O) groups is 8. The van der Waals surface area contributed by atoms with Gasteiger partial charge in [-0.2, -0.15) is 0 Å². The number of nitrogens with one attached hydrogen (secondary N) is 8. The summed E-state index contributed by atoms with van der Waals surface area (Å²) in [6.45, 7) is 3.74. The Hall–Kier alpha value is -5.18. The van der Waals surface area contributed by atoms with E-state index in [-0.39, 0.29) is 97.1 Å². The molecule has 0 bridgehead atoms. The molecule has 8 amide bonds. The summed E-state index contributed by atoms with van der Waals surface area (Å²) in [6, 6.07) is 10.2. The zero-order valence-electron chi connectivity index (χ0n) is 47.2. The Morgan fingerprint density at radius 1 is 0.475 bits per heavy atom. The predicted molar refractivity (Wildman–Crippen MR) is 309 cm³/mol. The SMILES string of the molecule is CN[C@@H](C)C(=O)N[C@H](C(=O)N1C[C@@H](NC(=O)C2CCC(C(=O)N[C@H]3C[C@@H](C(=O)N[C@@H]4CCSc5ccccc54)N(C(=O)[C@@H](NC(=O)[C@H](C)NC)C4CCCCC4)C3)CC2)C[C@H]1C(=O)N[C@@H]1CCSc2ccccc21)C1CCCCC1. The van der Waals surface area contributed by atoms with Crippen LogP contribution in [0.25, 0.3) is 0 Å². The van der Waals surface area contributed by atoms with Gasteiger partial charge < -0.3 is 52.3 Å². The Balaban J connectivity index is 0.855. The van der Waals surface area contributed by atoms with E-state index in [1.165, 1.54) is 0 Å². The van der Waals surface area contributed by atoms with Gasteiger partial charge in [-0.15, -0.1) is 23.5 Å². The normalized spacial score (nSPS) is 27.7. The average Bonchev–Trinajstić information content (AvgIpc) is 4.12. The van der Waals surface area contributed by atoms with Crippen molar-refractivity contribution in [2.75, 3.05) is 38.7 Å². The molecular formula is C60H86N10O8S2. The highest BCUT2D eigenvalue weighted by Crippen LogP contribution is 2.39. The van der Waals surface area contributed by atoms with Crippen molar-refractivity contribution in [2.24, 2.45) is 23.7 Å². The van der Waals surface area contributed by atoms with Crippen molar-refractivity contribution in [3.63, 3.8) is 0 Å². The molecule has 2 aromatic rings. The molecule has 4 aliphatic heterocycles. The Labute approximate surface area is 480 Å². The van der Waals surface area contributed by atoms with E-state index >= 15 is 0 Å². The molecule has 8 N–H and O–H groups in total. The third-order valence-electron chi connectivity index (χ3n) is 18.5. The summed E-state index contributed by atoms with van der Waals surface area (Å²) in [6.07, 6.45) is 12.8. The zero-order chi connectivity index (χ0) is 56.5. The first-order valence-corrected chi connectivity index (χ1v) is 31.9. The smallest absolute Gasteiger partial charge is 0.246 e. The van der Waals surface area contributed by atoms with Crippen LogP contribution in [-0.2, 0) is 38.4 Å². The minimum absolute atomic E-state index is 0.0817. The molecule has 3 aliphatic carbocycles. The number of fused-ring (bicyclic) bond motifs is 2. The fourth-order valence-electron chi connectivity index (χ4n) is 13.5. The molecule has 2 aromatic carbocycles. The molecule has 0 radical (unpaired) electrons. The standard InChI is InChI=1S/C60H86N10O8S2/c1-35(61-3)53(71)67-51(37-15-7-5-8-16-37)59(77)69-33-41(31-47(69)57(75)65-45-27-29-79-49-21-13-11-19-43(45)49)63-55(73)39-23-25-40(26-24-39)56(74)64-42-32-48(58(76)66-46-28-30-80-50-22-14-12-20-44(46)50)70(34-42)60(78)52(38-17-9-6-10-18-38)68-54(72)36(2)62-4/h11-14,19-22,35-42,45-48,51-52,61-62H,5-10,15-18,23-34H2,1-4H3,(H,63,73)(H,64,74)(H,65,75)(H,66,76)(H,67,71)(H,68,72)/t35-,36-,39?,40?,41-,42-,45+,46+,47-,48-,51-,52-/m0/s1. The summed E-state index contributed by atoms with van der Waals surface area (Å²) in [5.41, 5.74) is 2.09. The van der Waals surface area contributed by atoms with Gasteiger partial charge >= 0.3 is 0 Å². The number of carbonyl (C=O) groups excluding carboxylic acids is 8. The molecule has 80 heavy (non-hydrogen) atoms. The number of hydrogen-bond acceptors (Lipinski definition) is 12. The molecule has 3 saturated carbocycles. The van der Waals surface area contributed by atoms with Crippen LogP contribution in [0.2, 0.25) is 0 Å². The Bertz CT molecular complexity index is 2380. The van der Waals surface area contributed by atoms with E-state index in [4.69, 9.17) is 0 Å². The second kappa shape index (κ2) is 27.7. The fourth-order valence-corrected chi connectivity index (χ4v) is 15.8. The van der Waals surface area contributed by atoms with E-state index in [1.54, 1.807) is 61.3 Å². The summed E-state index contributed by atoms with van der Waals surface area (Å²) in [7, 11) is 3.40. The highest BCUT2D eigenvalue weighted by Gasteiger charge is 2.48. The van der Waals surface area contributed by atoms with Crippen molar-refractivity contribution < 1.29 is 38.4 Å². The van der Waals surface area contributed by atoms with Gasteiger partial charge in [0.1, 0.15) is 24.2 Å². The predicted octanol–water partition coefficient (Wildman–Crippen LogP) is 5.02. The van der Waals surface area contributed by atoms with Crippen LogP contribution in [0, 0.1) is 23.7 Å². The van der Waals surface area contributed by atoms with Crippen LogP contribution in [0.4, 0.5) is 0 Å². The number of likely N-dealkylation sites (tertiary alicyclic amines) is 2. The summed E-state index contributed by atoms with van der Waals surface area (Å²) in [5.74, 6) is -1.36. The Morgan fingerprint density at radius 2 is 0.850 bits per heavy atom. The molecular weight excluding hydrogens is 1050 g/mol. The molecule has 0 aromatic heterocycles. The first kappa shape index (κ1) is 59.4. The fraction of sp³-hybridized carbons (Fsp3) is 0.667. The number of nitrogens with zero attached hydrogens (tertiary/aromatic N) is 2. The molecule has 436 valence electrons. The van der Waals surface area contributed by atoms with E-state index in [0.717, 1.165) is 109 Å². The summed E-state index contributed by atoms with van der Waals surface area (Å²) in [5, 5.41) is 25.1. The highest BCUT2D eigenvalue weighted by molar-refractivity contribution is 7.99. The van der Waals surface area contributed by atoms with Gasteiger partial charge in [-0.25, -0.2) is 0 Å². The van der Waals surface area contributed by atoms with Gasteiger partial charge in [0, 0.05) is 58.3 Å². The Kier molecular flexibility index (Phi) is 20.6. The van der Waals surface area contributed by atoms with E-state index in [0.29, 0.717) is 25.7 Å². The molecule has 7 aliphatic rings. The van der Waals surface area contributed by atoms with E-state index < -0.39 is 60.2 Å². The van der Waals surface area contributed by atoms with Crippen molar-refractivity contribution in [3.05, 3.63) is 59.7 Å². The minimum atomic E-state index is -0.867. The molecule has 0 unspecified atom stereocenters. The van der Waals surface area contributed by atoms with Crippen molar-refractivity contribution in [2.45, 2.75) is 200 Å². The molecule has 5 fully saturated rings. The van der Waals surface area contributed by atoms with Crippen LogP contribution >= 0.6 is 23.5 Å². The molecule has 20 heteroatoms. The lowest BCUT2D eigenvalue weighted by molar-refractivity contribution is -0.143. The van der Waals surface area contributed by atoms with Crippen molar-refractivity contribution >= 4 is 70.8 Å². The van der Waals surface area contributed by atoms with Gasteiger partial charge in [0.15, 0.2) is 0 Å². The number of hydrogen-bond donors (Lipinski definition) is 8. The zero-order valence-corrected chi connectivity index (χ0v) is 48.9. The molecule has 2 saturated heterocycles. The number of rotatable bonds is 18. The van der Waals surface area contributed by atoms with Crippen LogP contribution in [0.5, 0.6) is 0 Å². The Morgan fingerprint density at radius 3 is 1.23 bits per heavy atom.